The fourth-order valence-electron chi connectivity index (χ4n) is 3.81. The first-order chi connectivity index (χ1) is 12.1. The van der Waals surface area contributed by atoms with E-state index in [1.165, 1.54) is 18.5 Å². The molecule has 1 saturated heterocycles. The lowest BCUT2D eigenvalue weighted by Crippen LogP contribution is -2.45. The summed E-state index contributed by atoms with van der Waals surface area (Å²) in [5.74, 6) is 0.636. The third-order valence-corrected chi connectivity index (χ3v) is 5.17. The van der Waals surface area contributed by atoms with E-state index in [4.69, 9.17) is 11.5 Å². The molecule has 0 amide bonds. The number of nitrogens with zero attached hydrogens (tertiary/aromatic N) is 4. The van der Waals surface area contributed by atoms with E-state index in [-0.39, 0.29) is 5.95 Å². The minimum Gasteiger partial charge on any atom is -0.383 e. The van der Waals surface area contributed by atoms with E-state index in [1.807, 2.05) is 6.07 Å². The largest absolute Gasteiger partial charge is 0.383 e. The molecule has 2 aromatic rings. The van der Waals surface area contributed by atoms with Crippen molar-refractivity contribution in [3.05, 3.63) is 30.5 Å². The average Bonchev–Trinajstić information content (AvgIpc) is 2.63. The topological polar surface area (TPSA) is 84.3 Å². The Morgan fingerprint density at radius 1 is 1.08 bits per heavy atom. The van der Waals surface area contributed by atoms with Gasteiger partial charge in [-0.2, -0.15) is 4.98 Å². The van der Waals surface area contributed by atoms with E-state index < -0.39 is 0 Å². The minimum absolute atomic E-state index is 0.207. The SMILES string of the molecule is CCN(CC)C1CCN(c2ccccc2-c2cnc(N)nc2N)CC1. The number of rotatable bonds is 5. The maximum Gasteiger partial charge on any atom is 0.221 e. The van der Waals surface area contributed by atoms with Crippen LogP contribution in [-0.2, 0) is 0 Å². The molecule has 1 fully saturated rings. The van der Waals surface area contributed by atoms with Crippen molar-refractivity contribution in [3.8, 4) is 11.1 Å². The molecule has 6 nitrogen and oxygen atoms in total. The molecule has 2 heterocycles. The van der Waals surface area contributed by atoms with Crippen molar-refractivity contribution in [2.24, 2.45) is 0 Å². The molecule has 0 atom stereocenters. The summed E-state index contributed by atoms with van der Waals surface area (Å²) in [6, 6.07) is 9.02. The lowest BCUT2D eigenvalue weighted by molar-refractivity contribution is 0.186. The highest BCUT2D eigenvalue weighted by Gasteiger charge is 2.24. The molecule has 3 rings (SSSR count). The zero-order valence-electron chi connectivity index (χ0n) is 15.2. The van der Waals surface area contributed by atoms with Gasteiger partial charge in [0.05, 0.1) is 0 Å². The van der Waals surface area contributed by atoms with Crippen LogP contribution in [0, 0.1) is 0 Å². The first-order valence-electron chi connectivity index (χ1n) is 9.10. The van der Waals surface area contributed by atoms with Gasteiger partial charge in [0.1, 0.15) is 5.82 Å². The predicted octanol–water partition coefficient (Wildman–Crippen LogP) is 2.62. The summed E-state index contributed by atoms with van der Waals surface area (Å²) in [4.78, 5) is 13.2. The van der Waals surface area contributed by atoms with Gasteiger partial charge in [-0.05, 0) is 32.0 Å². The predicted molar refractivity (Wildman–Crippen MR) is 104 cm³/mol. The quantitative estimate of drug-likeness (QED) is 0.870. The molecular formula is C19H28N6. The lowest BCUT2D eigenvalue weighted by atomic mass is 9.99. The number of hydrogen-bond acceptors (Lipinski definition) is 6. The highest BCUT2D eigenvalue weighted by Crippen LogP contribution is 2.35. The highest BCUT2D eigenvalue weighted by molar-refractivity contribution is 5.84. The molecule has 1 aromatic carbocycles. The fraction of sp³-hybridized carbons (Fsp3) is 0.474. The van der Waals surface area contributed by atoms with Gasteiger partial charge in [0.15, 0.2) is 0 Å². The Kier molecular flexibility index (Phi) is 5.38. The van der Waals surface area contributed by atoms with E-state index in [0.717, 1.165) is 37.3 Å². The van der Waals surface area contributed by atoms with Crippen molar-refractivity contribution >= 4 is 17.5 Å². The van der Waals surface area contributed by atoms with Crippen molar-refractivity contribution in [2.45, 2.75) is 32.7 Å². The Balaban J connectivity index is 1.83. The molecule has 1 aromatic heterocycles. The van der Waals surface area contributed by atoms with Crippen LogP contribution in [0.4, 0.5) is 17.5 Å². The van der Waals surface area contributed by atoms with Crippen molar-refractivity contribution in [2.75, 3.05) is 42.5 Å². The normalized spacial score (nSPS) is 15.7. The van der Waals surface area contributed by atoms with Gasteiger partial charge in [-0.25, -0.2) is 4.98 Å². The van der Waals surface area contributed by atoms with E-state index in [2.05, 4.69) is 51.8 Å². The number of para-hydroxylation sites is 1. The molecule has 0 unspecified atom stereocenters. The summed E-state index contributed by atoms with van der Waals surface area (Å²) in [6.45, 7) is 8.83. The Morgan fingerprint density at radius 3 is 2.40 bits per heavy atom. The van der Waals surface area contributed by atoms with Crippen LogP contribution in [0.25, 0.3) is 11.1 Å². The molecule has 0 radical (unpaired) electrons. The number of nitrogens with two attached hydrogens (primary N) is 2. The monoisotopic (exact) mass is 340 g/mol. The molecule has 0 spiro atoms. The van der Waals surface area contributed by atoms with Crippen LogP contribution in [0.15, 0.2) is 30.5 Å². The smallest absolute Gasteiger partial charge is 0.221 e. The highest BCUT2D eigenvalue weighted by atomic mass is 15.2. The van der Waals surface area contributed by atoms with E-state index >= 15 is 0 Å². The van der Waals surface area contributed by atoms with Crippen LogP contribution in [0.2, 0.25) is 0 Å². The Hall–Kier alpha value is -2.34. The summed E-state index contributed by atoms with van der Waals surface area (Å²) >= 11 is 0. The first kappa shape index (κ1) is 17.5. The molecule has 0 aliphatic carbocycles. The van der Waals surface area contributed by atoms with Gasteiger partial charge in [-0.3, -0.25) is 0 Å². The summed E-state index contributed by atoms with van der Waals surface area (Å²) in [5.41, 5.74) is 14.8. The second kappa shape index (κ2) is 7.70. The zero-order chi connectivity index (χ0) is 17.8. The summed E-state index contributed by atoms with van der Waals surface area (Å²) in [5, 5.41) is 0. The number of aromatic nitrogens is 2. The van der Waals surface area contributed by atoms with Crippen LogP contribution < -0.4 is 16.4 Å². The molecule has 6 heteroatoms. The molecule has 0 saturated carbocycles. The second-order valence-corrected chi connectivity index (χ2v) is 6.48. The number of piperidine rings is 1. The van der Waals surface area contributed by atoms with E-state index in [1.54, 1.807) is 6.20 Å². The van der Waals surface area contributed by atoms with E-state index in [0.29, 0.717) is 11.9 Å². The van der Waals surface area contributed by atoms with Gasteiger partial charge in [0.25, 0.3) is 0 Å². The van der Waals surface area contributed by atoms with Crippen molar-refractivity contribution in [1.29, 1.82) is 0 Å². The van der Waals surface area contributed by atoms with Crippen LogP contribution >= 0.6 is 0 Å². The van der Waals surface area contributed by atoms with Crippen molar-refractivity contribution in [1.82, 2.24) is 14.9 Å². The van der Waals surface area contributed by atoms with Gasteiger partial charge < -0.3 is 21.3 Å². The van der Waals surface area contributed by atoms with E-state index in [9.17, 15) is 0 Å². The van der Waals surface area contributed by atoms with Crippen LogP contribution in [-0.4, -0.2) is 47.1 Å². The molecule has 1 aliphatic heterocycles. The standard InChI is InChI=1S/C19H28N6/c1-3-24(4-2)14-9-11-25(12-10-14)17-8-6-5-7-15(17)16-13-22-19(21)23-18(16)20/h5-8,13-14H,3-4,9-12H2,1-2H3,(H4,20,21,22,23). The maximum absolute atomic E-state index is 6.09. The number of benzene rings is 1. The van der Waals surface area contributed by atoms with Gasteiger partial charge >= 0.3 is 0 Å². The summed E-state index contributed by atoms with van der Waals surface area (Å²) < 4.78 is 0. The number of hydrogen-bond donors (Lipinski definition) is 2. The third-order valence-electron chi connectivity index (χ3n) is 5.17. The van der Waals surface area contributed by atoms with Crippen LogP contribution in [0.1, 0.15) is 26.7 Å². The first-order valence-corrected chi connectivity index (χ1v) is 9.10. The molecule has 134 valence electrons. The fourth-order valence-corrected chi connectivity index (χ4v) is 3.81. The van der Waals surface area contributed by atoms with Crippen LogP contribution in [0.5, 0.6) is 0 Å². The summed E-state index contributed by atoms with van der Waals surface area (Å²) in [6.07, 6.45) is 4.09. The number of anilines is 3. The molecular weight excluding hydrogens is 312 g/mol. The van der Waals surface area contributed by atoms with Gasteiger partial charge in [-0.15, -0.1) is 0 Å². The van der Waals surface area contributed by atoms with Gasteiger partial charge in [-0.1, -0.05) is 32.0 Å². The van der Waals surface area contributed by atoms with Crippen molar-refractivity contribution in [3.63, 3.8) is 0 Å². The Labute approximate surface area is 149 Å². The second-order valence-electron chi connectivity index (χ2n) is 6.48. The molecule has 1 aliphatic rings. The Morgan fingerprint density at radius 2 is 1.76 bits per heavy atom. The molecule has 0 bridgehead atoms. The summed E-state index contributed by atoms with van der Waals surface area (Å²) in [7, 11) is 0. The van der Waals surface area contributed by atoms with Crippen LogP contribution in [0.3, 0.4) is 0 Å². The Bertz CT molecular complexity index is 705. The average molecular weight is 340 g/mol. The lowest BCUT2D eigenvalue weighted by Gasteiger charge is -2.39. The zero-order valence-corrected chi connectivity index (χ0v) is 15.2. The van der Waals surface area contributed by atoms with Gasteiger partial charge in [0, 0.05) is 42.1 Å². The molecule has 25 heavy (non-hydrogen) atoms. The number of nitrogen functional groups attached to an aromatic ring is 2. The van der Waals surface area contributed by atoms with Gasteiger partial charge in [0.2, 0.25) is 5.95 Å². The van der Waals surface area contributed by atoms with Crippen molar-refractivity contribution < 1.29 is 0 Å². The third kappa shape index (κ3) is 3.69. The minimum atomic E-state index is 0.207. The molecule has 4 N–H and O–H groups in total. The maximum atomic E-state index is 6.09.